The van der Waals surface area contributed by atoms with Gasteiger partial charge in [0, 0.05) is 25.3 Å². The Labute approximate surface area is 105 Å². The molecule has 1 aromatic rings. The smallest absolute Gasteiger partial charge is 0.0674 e. The summed E-state index contributed by atoms with van der Waals surface area (Å²) in [6.07, 6.45) is 2.48. The molecule has 0 radical (unpaired) electrons. The van der Waals surface area contributed by atoms with Crippen LogP contribution in [0.15, 0.2) is 12.3 Å². The Balaban J connectivity index is 2.02. The van der Waals surface area contributed by atoms with Crippen LogP contribution in [0.1, 0.15) is 5.69 Å². The molecule has 0 aromatic carbocycles. The number of hydrogen-bond donors (Lipinski definition) is 1. The van der Waals surface area contributed by atoms with E-state index in [2.05, 4.69) is 9.88 Å². The van der Waals surface area contributed by atoms with Crippen molar-refractivity contribution >= 4 is 17.3 Å². The van der Waals surface area contributed by atoms with E-state index in [4.69, 9.17) is 16.3 Å². The molecular formula is C12H15ClN2O2. The molecule has 0 spiro atoms. The van der Waals surface area contributed by atoms with Gasteiger partial charge in [-0.3, -0.25) is 4.98 Å². The number of fused-ring (bicyclic) bond motifs is 3. The zero-order chi connectivity index (χ0) is 11.8. The average Bonchev–Trinajstić information content (AvgIpc) is 2.38. The molecule has 1 N–H and O–H groups in total. The number of aromatic nitrogens is 1. The summed E-state index contributed by atoms with van der Waals surface area (Å²) in [4.78, 5) is 6.66. The molecule has 3 rings (SSSR count). The van der Waals surface area contributed by atoms with Crippen LogP contribution in [-0.2, 0) is 11.2 Å². The van der Waals surface area contributed by atoms with Gasteiger partial charge in [-0.2, -0.15) is 0 Å². The van der Waals surface area contributed by atoms with E-state index in [-0.39, 0.29) is 18.6 Å². The number of ether oxygens (including phenoxy) is 1. The van der Waals surface area contributed by atoms with E-state index in [1.165, 1.54) is 0 Å². The van der Waals surface area contributed by atoms with Crippen molar-refractivity contribution in [3.63, 3.8) is 0 Å². The summed E-state index contributed by atoms with van der Waals surface area (Å²) < 4.78 is 5.51. The van der Waals surface area contributed by atoms with Crippen LogP contribution < -0.4 is 4.90 Å². The van der Waals surface area contributed by atoms with Crippen LogP contribution in [0.2, 0.25) is 5.02 Å². The molecule has 5 heteroatoms. The van der Waals surface area contributed by atoms with Gasteiger partial charge in [0.15, 0.2) is 0 Å². The molecule has 0 bridgehead atoms. The number of aliphatic hydroxyl groups excluding tert-OH is 1. The minimum Gasteiger partial charge on any atom is -0.396 e. The van der Waals surface area contributed by atoms with Gasteiger partial charge in [-0.05, 0) is 12.5 Å². The average molecular weight is 255 g/mol. The largest absolute Gasteiger partial charge is 0.396 e. The lowest BCUT2D eigenvalue weighted by molar-refractivity contribution is 0.0568. The summed E-state index contributed by atoms with van der Waals surface area (Å²) in [5, 5.41) is 10.1. The number of rotatable bonds is 1. The molecule has 0 saturated carbocycles. The summed E-state index contributed by atoms with van der Waals surface area (Å²) in [6.45, 7) is 2.42. The topological polar surface area (TPSA) is 45.6 Å². The first-order valence-electron chi connectivity index (χ1n) is 5.89. The van der Waals surface area contributed by atoms with Gasteiger partial charge in [-0.1, -0.05) is 11.6 Å². The summed E-state index contributed by atoms with van der Waals surface area (Å²) in [6, 6.07) is 2.22. The summed E-state index contributed by atoms with van der Waals surface area (Å²) in [7, 11) is 0. The van der Waals surface area contributed by atoms with E-state index in [0.717, 1.165) is 31.0 Å². The van der Waals surface area contributed by atoms with E-state index in [9.17, 15) is 5.11 Å². The number of pyridine rings is 1. The highest BCUT2D eigenvalue weighted by Gasteiger charge is 2.36. The zero-order valence-corrected chi connectivity index (χ0v) is 10.2. The lowest BCUT2D eigenvalue weighted by Gasteiger charge is -2.45. The van der Waals surface area contributed by atoms with E-state index in [1.54, 1.807) is 6.20 Å². The van der Waals surface area contributed by atoms with E-state index >= 15 is 0 Å². The minimum atomic E-state index is 0.175. The maximum absolute atomic E-state index is 9.47. The molecule has 92 valence electrons. The van der Waals surface area contributed by atoms with Crippen molar-refractivity contribution in [2.24, 2.45) is 5.92 Å². The van der Waals surface area contributed by atoms with E-state index in [1.807, 2.05) is 6.07 Å². The Morgan fingerprint density at radius 3 is 3.29 bits per heavy atom. The summed E-state index contributed by atoms with van der Waals surface area (Å²) >= 11 is 6.01. The van der Waals surface area contributed by atoms with Crippen molar-refractivity contribution in [3.8, 4) is 0 Å². The highest BCUT2D eigenvalue weighted by molar-refractivity contribution is 6.30. The molecular weight excluding hydrogens is 240 g/mol. The maximum Gasteiger partial charge on any atom is 0.0674 e. The fourth-order valence-corrected chi connectivity index (χ4v) is 2.90. The Morgan fingerprint density at radius 1 is 1.59 bits per heavy atom. The molecule has 2 aliphatic heterocycles. The molecule has 1 fully saturated rings. The quantitative estimate of drug-likeness (QED) is 0.816. The molecule has 4 nitrogen and oxygen atoms in total. The van der Waals surface area contributed by atoms with Crippen molar-refractivity contribution < 1.29 is 9.84 Å². The number of halogens is 1. The lowest BCUT2D eigenvalue weighted by Crippen LogP contribution is -2.54. The van der Waals surface area contributed by atoms with Gasteiger partial charge >= 0.3 is 0 Å². The van der Waals surface area contributed by atoms with Crippen molar-refractivity contribution in [3.05, 3.63) is 23.0 Å². The number of morpholine rings is 1. The van der Waals surface area contributed by atoms with Crippen LogP contribution in [0, 0.1) is 5.92 Å². The van der Waals surface area contributed by atoms with Crippen molar-refractivity contribution in [1.29, 1.82) is 0 Å². The third-order valence-electron chi connectivity index (χ3n) is 3.62. The van der Waals surface area contributed by atoms with Gasteiger partial charge in [0.05, 0.1) is 35.7 Å². The van der Waals surface area contributed by atoms with E-state index < -0.39 is 0 Å². The predicted molar refractivity (Wildman–Crippen MR) is 65.5 cm³/mol. The van der Waals surface area contributed by atoms with Crippen molar-refractivity contribution in [2.45, 2.75) is 12.5 Å². The standard InChI is InChI=1S/C12H15ClN2O2/c13-9-4-11-10(14-5-9)3-8(6-16)12-7-17-2-1-15(11)12/h4-5,8,12,16H,1-3,6-7H2/t8-,12+/m0/s1. The van der Waals surface area contributed by atoms with Gasteiger partial charge in [-0.15, -0.1) is 0 Å². The third-order valence-corrected chi connectivity index (χ3v) is 3.83. The zero-order valence-electron chi connectivity index (χ0n) is 9.47. The van der Waals surface area contributed by atoms with Crippen LogP contribution in [0.25, 0.3) is 0 Å². The normalized spacial score (nSPS) is 27.5. The Kier molecular flexibility index (Phi) is 2.94. The third kappa shape index (κ3) is 1.90. The Bertz CT molecular complexity index is 427. The van der Waals surface area contributed by atoms with Crippen molar-refractivity contribution in [1.82, 2.24) is 4.98 Å². The fourth-order valence-electron chi connectivity index (χ4n) is 2.75. The highest BCUT2D eigenvalue weighted by atomic mass is 35.5. The van der Waals surface area contributed by atoms with E-state index in [0.29, 0.717) is 11.6 Å². The van der Waals surface area contributed by atoms with Crippen LogP contribution in [-0.4, -0.2) is 42.5 Å². The minimum absolute atomic E-state index is 0.175. The first kappa shape index (κ1) is 11.3. The van der Waals surface area contributed by atoms with Gasteiger partial charge in [0.2, 0.25) is 0 Å². The molecule has 3 heterocycles. The molecule has 17 heavy (non-hydrogen) atoms. The number of hydrogen-bond acceptors (Lipinski definition) is 4. The second-order valence-electron chi connectivity index (χ2n) is 4.60. The molecule has 2 atom stereocenters. The van der Waals surface area contributed by atoms with Gasteiger partial charge in [0.25, 0.3) is 0 Å². The maximum atomic E-state index is 9.47. The molecule has 1 saturated heterocycles. The first-order valence-corrected chi connectivity index (χ1v) is 6.27. The number of anilines is 1. The monoisotopic (exact) mass is 254 g/mol. The molecule has 2 aliphatic rings. The first-order chi connectivity index (χ1) is 8.29. The van der Waals surface area contributed by atoms with Crippen molar-refractivity contribution in [2.75, 3.05) is 31.3 Å². The molecule has 0 unspecified atom stereocenters. The molecule has 1 aromatic heterocycles. The van der Waals surface area contributed by atoms with Crippen LogP contribution in [0.3, 0.4) is 0 Å². The van der Waals surface area contributed by atoms with Crippen LogP contribution >= 0.6 is 11.6 Å². The Hall–Kier alpha value is -0.840. The molecule has 0 amide bonds. The fraction of sp³-hybridized carbons (Fsp3) is 0.583. The number of nitrogens with zero attached hydrogens (tertiary/aromatic N) is 2. The Morgan fingerprint density at radius 2 is 2.47 bits per heavy atom. The van der Waals surface area contributed by atoms with Gasteiger partial charge < -0.3 is 14.7 Å². The lowest BCUT2D eigenvalue weighted by atomic mass is 9.88. The second kappa shape index (κ2) is 4.44. The van der Waals surface area contributed by atoms with Crippen LogP contribution in [0.5, 0.6) is 0 Å². The number of aliphatic hydroxyl groups is 1. The summed E-state index contributed by atoms with van der Waals surface area (Å²) in [5.74, 6) is 0.205. The van der Waals surface area contributed by atoms with Gasteiger partial charge in [-0.25, -0.2) is 0 Å². The second-order valence-corrected chi connectivity index (χ2v) is 5.04. The SMILES string of the molecule is OC[C@@H]1Cc2ncc(Cl)cc2N2CCOC[C@H]12. The molecule has 0 aliphatic carbocycles. The van der Waals surface area contributed by atoms with Crippen LogP contribution in [0.4, 0.5) is 5.69 Å². The van der Waals surface area contributed by atoms with Gasteiger partial charge in [0.1, 0.15) is 0 Å². The highest BCUT2D eigenvalue weighted by Crippen LogP contribution is 2.35. The summed E-state index contributed by atoms with van der Waals surface area (Å²) in [5.41, 5.74) is 2.14. The predicted octanol–water partition coefficient (Wildman–Crippen LogP) is 1.10.